The van der Waals surface area contributed by atoms with E-state index < -0.39 is 93.5 Å². The van der Waals surface area contributed by atoms with Gasteiger partial charge >= 0.3 is 6.18 Å². The molecule has 2 fully saturated rings. The summed E-state index contributed by atoms with van der Waals surface area (Å²) in [5.41, 5.74) is -0.313. The number of fused-ring (bicyclic) bond motifs is 5. The van der Waals surface area contributed by atoms with Crippen LogP contribution < -0.4 is 21.1 Å². The van der Waals surface area contributed by atoms with E-state index >= 15 is 4.39 Å². The average Bonchev–Trinajstić information content (AvgIpc) is 3.50. The van der Waals surface area contributed by atoms with E-state index in [9.17, 15) is 31.1 Å². The molecule has 0 radical (unpaired) electrons. The molecule has 3 aliphatic heterocycles. The number of rotatable bonds is 5. The Hall–Kier alpha value is -4.08. The number of hydrogen-bond donors (Lipinski definition) is 3. The molecule has 3 aromatic rings. The van der Waals surface area contributed by atoms with E-state index in [4.69, 9.17) is 10.5 Å². The Bertz CT molecular complexity index is 1610. The van der Waals surface area contributed by atoms with Crippen molar-refractivity contribution in [2.45, 2.75) is 63.1 Å². The van der Waals surface area contributed by atoms with E-state index in [0.717, 1.165) is 6.92 Å². The lowest BCUT2D eigenvalue weighted by molar-refractivity contribution is -0.137. The second-order valence-corrected chi connectivity index (χ2v) is 10.9. The number of amides is 1. The van der Waals surface area contributed by atoms with Crippen molar-refractivity contribution in [3.63, 3.8) is 0 Å². The van der Waals surface area contributed by atoms with Gasteiger partial charge in [0.1, 0.15) is 17.1 Å². The number of nitrogens with one attached hydrogen (secondary N) is 2. The Labute approximate surface area is 240 Å². The zero-order valence-electron chi connectivity index (χ0n) is 22.8. The molecule has 5 heterocycles. The average molecular weight is 614 g/mol. The van der Waals surface area contributed by atoms with Gasteiger partial charge in [0.25, 0.3) is 12.3 Å². The summed E-state index contributed by atoms with van der Waals surface area (Å²) >= 11 is 0. The fraction of sp³-hybridized carbons (Fsp3) is 0.444. The summed E-state index contributed by atoms with van der Waals surface area (Å²) in [5.74, 6) is -4.42. The highest BCUT2D eigenvalue weighted by Crippen LogP contribution is 2.46. The second-order valence-electron chi connectivity index (χ2n) is 10.9. The summed E-state index contributed by atoms with van der Waals surface area (Å²) in [4.78, 5) is 19.2. The molecule has 0 spiro atoms. The number of anilines is 2. The van der Waals surface area contributed by atoms with Gasteiger partial charge in [0.05, 0.1) is 35.2 Å². The largest absolute Gasteiger partial charge is 0.465 e. The van der Waals surface area contributed by atoms with Crippen LogP contribution in [0.4, 0.5) is 42.1 Å². The number of alkyl halides is 5. The zero-order chi connectivity index (χ0) is 31.0. The maximum Gasteiger partial charge on any atom is 0.417 e. The number of halogens is 7. The van der Waals surface area contributed by atoms with Crippen molar-refractivity contribution in [3.05, 3.63) is 52.3 Å². The number of nitrogen functional groups attached to an aromatic ring is 1. The highest BCUT2D eigenvalue weighted by molar-refractivity contribution is 6.03. The minimum Gasteiger partial charge on any atom is -0.465 e. The van der Waals surface area contributed by atoms with Crippen molar-refractivity contribution in [1.29, 1.82) is 0 Å². The van der Waals surface area contributed by atoms with Gasteiger partial charge in [-0.2, -0.15) is 18.3 Å². The third-order valence-electron chi connectivity index (χ3n) is 8.16. The molecule has 43 heavy (non-hydrogen) atoms. The molecule has 2 saturated heterocycles. The van der Waals surface area contributed by atoms with Gasteiger partial charge in [-0.1, -0.05) is 0 Å². The minimum absolute atomic E-state index is 0.0288. The highest BCUT2D eigenvalue weighted by atomic mass is 19.4. The van der Waals surface area contributed by atoms with Gasteiger partial charge in [0, 0.05) is 37.4 Å². The third-order valence-corrected chi connectivity index (χ3v) is 8.16. The molecule has 230 valence electrons. The molecule has 4 N–H and O–H groups in total. The second kappa shape index (κ2) is 10.3. The van der Waals surface area contributed by atoms with Crippen LogP contribution in [0.25, 0.3) is 11.3 Å². The van der Waals surface area contributed by atoms with Crippen molar-refractivity contribution in [3.8, 4) is 17.1 Å². The topological polar surface area (TPSA) is 110 Å². The lowest BCUT2D eigenvalue weighted by Gasteiger charge is -2.42. The zero-order valence-corrected chi connectivity index (χ0v) is 22.8. The van der Waals surface area contributed by atoms with E-state index in [1.807, 2.05) is 0 Å². The van der Waals surface area contributed by atoms with Gasteiger partial charge in [0.15, 0.2) is 11.9 Å². The van der Waals surface area contributed by atoms with Crippen LogP contribution in [0.2, 0.25) is 0 Å². The predicted molar refractivity (Wildman–Crippen MR) is 139 cm³/mol. The van der Waals surface area contributed by atoms with Crippen LogP contribution in [-0.2, 0) is 19.8 Å². The first-order valence-corrected chi connectivity index (χ1v) is 13.4. The van der Waals surface area contributed by atoms with Gasteiger partial charge in [-0.15, -0.1) is 0 Å². The Kier molecular flexibility index (Phi) is 6.93. The van der Waals surface area contributed by atoms with Crippen molar-refractivity contribution >= 4 is 17.3 Å². The Morgan fingerprint density at radius 2 is 1.98 bits per heavy atom. The van der Waals surface area contributed by atoms with Crippen LogP contribution >= 0.6 is 0 Å². The number of ether oxygens (including phenoxy) is 1. The molecule has 6 rings (SSSR count). The normalized spacial score (nSPS) is 23.2. The number of aryl methyl sites for hydroxylation is 1. The van der Waals surface area contributed by atoms with E-state index in [1.54, 1.807) is 19.3 Å². The fourth-order valence-electron chi connectivity index (χ4n) is 6.28. The van der Waals surface area contributed by atoms with Crippen LogP contribution in [0, 0.1) is 18.6 Å². The molecule has 2 bridgehead atoms. The van der Waals surface area contributed by atoms with Crippen LogP contribution in [0.15, 0.2) is 18.3 Å². The molecule has 16 heteroatoms. The number of carbonyl (C=O) groups excluding carboxylic acids is 1. The smallest absolute Gasteiger partial charge is 0.417 e. The number of piperazine rings is 1. The molecule has 0 unspecified atom stereocenters. The standard InChI is InChI=1S/C27H26F7N7O2/c1-10-17(27(32,33)34)13(7-14(35)18(10)28)20-19(29)21(36-8-11-5-6-40(2)39-11)16-25(38-20)43-23(24(30)31)22-15-4-3-12(37-15)9-41(22)26(16)42/h5-7,12,15,22-24,37H,3-4,8-9,35H2,1-2H3,(H,36,38)/t12-,15+,22+,23-/m1/s1. The van der Waals surface area contributed by atoms with Gasteiger partial charge in [-0.3, -0.25) is 9.48 Å². The monoisotopic (exact) mass is 613 g/mol. The van der Waals surface area contributed by atoms with Crippen LogP contribution in [-0.4, -0.2) is 62.8 Å². The van der Waals surface area contributed by atoms with Gasteiger partial charge in [-0.05, 0) is 37.5 Å². The third kappa shape index (κ3) is 4.80. The molecule has 1 amide bonds. The van der Waals surface area contributed by atoms with Crippen LogP contribution in [0.3, 0.4) is 0 Å². The van der Waals surface area contributed by atoms with Crippen molar-refractivity contribution in [2.24, 2.45) is 7.05 Å². The quantitative estimate of drug-likeness (QED) is 0.292. The SMILES string of the molecule is Cc1c(F)c(N)cc(-c2nc3c(c(NCc4ccn(C)n4)c2F)C(=O)N2C[C@H]4CC[C@H](N4)[C@H]2[C@H](C(F)F)O3)c1C(F)(F)F. The first-order chi connectivity index (χ1) is 20.3. The van der Waals surface area contributed by atoms with E-state index in [1.165, 1.54) is 9.58 Å². The number of nitrogens with zero attached hydrogens (tertiary/aromatic N) is 4. The van der Waals surface area contributed by atoms with E-state index in [-0.39, 0.29) is 19.1 Å². The van der Waals surface area contributed by atoms with E-state index in [2.05, 4.69) is 20.7 Å². The molecule has 0 aliphatic carbocycles. The molecule has 1 aromatic carbocycles. The molecular formula is C27H26F7N7O2. The van der Waals surface area contributed by atoms with Gasteiger partial charge < -0.3 is 26.0 Å². The summed E-state index contributed by atoms with van der Waals surface area (Å²) < 4.78 is 110. The molecule has 2 aromatic heterocycles. The van der Waals surface area contributed by atoms with Crippen LogP contribution in [0.5, 0.6) is 5.88 Å². The van der Waals surface area contributed by atoms with Crippen LogP contribution in [0.1, 0.15) is 40.0 Å². The molecular weight excluding hydrogens is 587 g/mol. The number of pyridine rings is 1. The molecule has 4 atom stereocenters. The van der Waals surface area contributed by atoms with Crippen molar-refractivity contribution in [2.75, 3.05) is 17.6 Å². The minimum atomic E-state index is -5.19. The summed E-state index contributed by atoms with van der Waals surface area (Å²) in [6.45, 7) is 0.652. The molecule has 9 nitrogen and oxygen atoms in total. The number of benzene rings is 1. The maximum absolute atomic E-state index is 16.5. The molecule has 3 aliphatic rings. The molecule has 0 saturated carbocycles. The number of carbonyl (C=O) groups is 1. The van der Waals surface area contributed by atoms with Crippen molar-refractivity contribution in [1.82, 2.24) is 25.0 Å². The number of aromatic nitrogens is 3. The number of nitrogens with two attached hydrogens (primary N) is 1. The summed E-state index contributed by atoms with van der Waals surface area (Å²) in [6, 6.07) is 0.242. The lowest BCUT2D eigenvalue weighted by atomic mass is 9.95. The Balaban J connectivity index is 1.60. The number of hydrogen-bond acceptors (Lipinski definition) is 7. The summed E-state index contributed by atoms with van der Waals surface area (Å²) in [5, 5.41) is 10.1. The van der Waals surface area contributed by atoms with Gasteiger partial charge in [0.2, 0.25) is 5.88 Å². The van der Waals surface area contributed by atoms with Crippen molar-refractivity contribution < 1.29 is 40.3 Å². The maximum atomic E-state index is 16.5. The summed E-state index contributed by atoms with van der Waals surface area (Å²) in [6.07, 6.45) is -7.57. The Morgan fingerprint density at radius 3 is 2.63 bits per heavy atom. The van der Waals surface area contributed by atoms with Gasteiger partial charge in [-0.25, -0.2) is 22.5 Å². The summed E-state index contributed by atoms with van der Waals surface area (Å²) in [7, 11) is 1.63. The predicted octanol–water partition coefficient (Wildman–Crippen LogP) is 4.25. The Morgan fingerprint density at radius 1 is 1.23 bits per heavy atom. The van der Waals surface area contributed by atoms with E-state index in [0.29, 0.717) is 24.6 Å². The highest BCUT2D eigenvalue weighted by Gasteiger charge is 2.53. The fourth-order valence-corrected chi connectivity index (χ4v) is 6.28. The first-order valence-electron chi connectivity index (χ1n) is 13.4. The first kappa shape index (κ1) is 29.0. The lowest BCUT2D eigenvalue weighted by Crippen LogP contribution is -2.64.